The van der Waals surface area contributed by atoms with Crippen LogP contribution in [0.5, 0.6) is 0 Å². The van der Waals surface area contributed by atoms with E-state index in [9.17, 15) is 9.90 Å². The van der Waals surface area contributed by atoms with Gasteiger partial charge in [0.1, 0.15) is 0 Å². The number of rotatable bonds is 1. The number of ketones is 1. The highest BCUT2D eigenvalue weighted by atomic mass is 31.1. The minimum atomic E-state index is 0.0646. The summed E-state index contributed by atoms with van der Waals surface area (Å²) >= 11 is 0. The van der Waals surface area contributed by atoms with Gasteiger partial charge in [-0.2, -0.15) is 0 Å². The largest absolute Gasteiger partial charge is 0.875 e. The molecular formula is C10H12O2P-. The van der Waals surface area contributed by atoms with E-state index in [1.807, 2.05) is 13.8 Å². The van der Waals surface area contributed by atoms with E-state index in [-0.39, 0.29) is 11.5 Å². The number of carbonyl (C=O) groups is 1. The van der Waals surface area contributed by atoms with Crippen LogP contribution in [0.2, 0.25) is 0 Å². The van der Waals surface area contributed by atoms with Crippen LogP contribution in [-0.4, -0.2) is 11.1 Å². The zero-order chi connectivity index (χ0) is 10.2. The molecule has 3 heteroatoms. The van der Waals surface area contributed by atoms with E-state index in [0.29, 0.717) is 0 Å². The maximum atomic E-state index is 11.2. The third kappa shape index (κ3) is 1.73. The van der Waals surface area contributed by atoms with E-state index in [1.165, 1.54) is 0 Å². The Labute approximate surface area is 79.8 Å². The van der Waals surface area contributed by atoms with Crippen LogP contribution < -0.4 is 5.11 Å². The lowest BCUT2D eigenvalue weighted by atomic mass is 10.1. The van der Waals surface area contributed by atoms with E-state index in [1.54, 1.807) is 13.8 Å². The van der Waals surface area contributed by atoms with Crippen LogP contribution in [-0.2, 0) is 4.79 Å². The molecule has 2 nitrogen and oxygen atoms in total. The summed E-state index contributed by atoms with van der Waals surface area (Å²) in [4.78, 5) is 11.2. The van der Waals surface area contributed by atoms with Gasteiger partial charge in [0.2, 0.25) is 0 Å². The molecule has 13 heavy (non-hydrogen) atoms. The number of carbonyl (C=O) groups excluding carboxylic acids is 1. The van der Waals surface area contributed by atoms with E-state index >= 15 is 0 Å². The van der Waals surface area contributed by atoms with Crippen molar-refractivity contribution in [2.75, 3.05) is 0 Å². The van der Waals surface area contributed by atoms with E-state index in [0.717, 1.165) is 30.0 Å². The van der Waals surface area contributed by atoms with Gasteiger partial charge in [-0.05, 0) is 37.2 Å². The molecule has 0 N–H and O–H groups in total. The van der Waals surface area contributed by atoms with Crippen LogP contribution >= 0.6 is 8.20 Å². The molecule has 0 bridgehead atoms. The van der Waals surface area contributed by atoms with Gasteiger partial charge in [0.05, 0.1) is 0 Å². The predicted molar refractivity (Wildman–Crippen MR) is 53.7 cm³/mol. The predicted octanol–water partition coefficient (Wildman–Crippen LogP) is 1.64. The van der Waals surface area contributed by atoms with Crippen molar-refractivity contribution >= 4 is 19.3 Å². The lowest BCUT2D eigenvalue weighted by Crippen LogP contribution is -2.06. The normalized spacial score (nSPS) is 21.7. The molecule has 0 atom stereocenters. The Bertz CT molecular complexity index is 355. The van der Waals surface area contributed by atoms with Crippen LogP contribution in [0.1, 0.15) is 27.7 Å². The molecule has 0 saturated carbocycles. The van der Waals surface area contributed by atoms with Crippen molar-refractivity contribution in [2.45, 2.75) is 27.7 Å². The third-order valence-corrected chi connectivity index (χ3v) is 3.91. The molecule has 0 aromatic carbocycles. The Morgan fingerprint density at radius 3 is 2.00 bits per heavy atom. The summed E-state index contributed by atoms with van der Waals surface area (Å²) in [5, 5.41) is 12.7. The first kappa shape index (κ1) is 10.2. The zero-order valence-corrected chi connectivity index (χ0v) is 9.16. The Balaban J connectivity index is 3.29. The molecule has 0 aromatic rings. The van der Waals surface area contributed by atoms with Crippen LogP contribution in [0, 0.1) is 0 Å². The van der Waals surface area contributed by atoms with Crippen molar-refractivity contribution < 1.29 is 9.90 Å². The molecule has 1 rings (SSSR count). The molecule has 0 spiro atoms. The summed E-state index contributed by atoms with van der Waals surface area (Å²) in [5.74, 6) is 0.129. The van der Waals surface area contributed by atoms with Crippen LogP contribution in [0.25, 0.3) is 0 Å². The highest BCUT2D eigenvalue weighted by Crippen LogP contribution is 2.36. The van der Waals surface area contributed by atoms with Gasteiger partial charge in [-0.1, -0.05) is 15.1 Å². The molecule has 0 aliphatic carbocycles. The van der Waals surface area contributed by atoms with E-state index in [4.69, 9.17) is 0 Å². The Morgan fingerprint density at radius 1 is 1.23 bits per heavy atom. The zero-order valence-electron chi connectivity index (χ0n) is 8.26. The highest BCUT2D eigenvalue weighted by molar-refractivity contribution is 7.50. The van der Waals surface area contributed by atoms with Gasteiger partial charge in [0, 0.05) is 5.29 Å². The van der Waals surface area contributed by atoms with Crippen LogP contribution in [0.4, 0.5) is 0 Å². The summed E-state index contributed by atoms with van der Waals surface area (Å²) in [6.45, 7) is 6.88. The third-order valence-electron chi connectivity index (χ3n) is 2.16. The van der Waals surface area contributed by atoms with E-state index in [2.05, 4.69) is 0 Å². The second-order valence-corrected chi connectivity index (χ2v) is 4.29. The molecule has 1 aliphatic rings. The Morgan fingerprint density at radius 2 is 1.77 bits per heavy atom. The second kappa shape index (κ2) is 3.47. The molecule has 1 heterocycles. The first-order chi connectivity index (χ1) is 5.95. The van der Waals surface area contributed by atoms with Crippen LogP contribution in [0.15, 0.2) is 22.2 Å². The smallest absolute Gasteiger partial charge is 0.164 e. The summed E-state index contributed by atoms with van der Waals surface area (Å²) < 4.78 is 0. The molecule has 0 saturated heterocycles. The van der Waals surface area contributed by atoms with Gasteiger partial charge in [-0.3, -0.25) is 4.79 Å². The lowest BCUT2D eigenvalue weighted by Gasteiger charge is -2.08. The number of hydrogen-bond donors (Lipinski definition) is 0. The van der Waals surface area contributed by atoms with Crippen LogP contribution in [0.3, 0.4) is 0 Å². The fourth-order valence-electron chi connectivity index (χ4n) is 1.32. The van der Waals surface area contributed by atoms with Crippen molar-refractivity contribution in [1.29, 1.82) is 0 Å². The first-order valence-corrected chi connectivity index (χ1v) is 5.00. The summed E-state index contributed by atoms with van der Waals surface area (Å²) in [6.07, 6.45) is 0. The van der Waals surface area contributed by atoms with Gasteiger partial charge in [0.15, 0.2) is 5.78 Å². The maximum absolute atomic E-state index is 11.2. The molecule has 0 radical (unpaired) electrons. The van der Waals surface area contributed by atoms with E-state index < -0.39 is 0 Å². The van der Waals surface area contributed by atoms with Crippen molar-refractivity contribution in [3.8, 4) is 0 Å². The van der Waals surface area contributed by atoms with Crippen molar-refractivity contribution in [2.24, 2.45) is 0 Å². The van der Waals surface area contributed by atoms with Gasteiger partial charge < -0.3 is 5.11 Å². The molecule has 70 valence electrons. The van der Waals surface area contributed by atoms with Crippen molar-refractivity contribution in [3.05, 3.63) is 22.2 Å². The monoisotopic (exact) mass is 195 g/mol. The molecule has 0 amide bonds. The first-order valence-electron chi connectivity index (χ1n) is 4.11. The Hall–Kier alpha value is -0.880. The van der Waals surface area contributed by atoms with Gasteiger partial charge in [-0.15, -0.1) is 5.76 Å². The highest BCUT2D eigenvalue weighted by Gasteiger charge is 2.18. The van der Waals surface area contributed by atoms with Crippen molar-refractivity contribution in [1.82, 2.24) is 0 Å². The number of hydrogen-bond acceptors (Lipinski definition) is 2. The SMILES string of the molecule is CC(=O)C1=P/C(=C(/C)[O-])C(C)=C1C. The quantitative estimate of drug-likeness (QED) is 0.471. The fraction of sp³-hybridized carbons (Fsp3) is 0.400. The number of allylic oxidation sites excluding steroid dienone is 4. The molecule has 0 aromatic heterocycles. The average molecular weight is 195 g/mol. The topological polar surface area (TPSA) is 40.1 Å². The fourth-order valence-corrected chi connectivity index (χ4v) is 2.53. The minimum absolute atomic E-state index is 0.0646. The maximum Gasteiger partial charge on any atom is 0.164 e. The van der Waals surface area contributed by atoms with Gasteiger partial charge >= 0.3 is 0 Å². The molecule has 1 aliphatic heterocycles. The molecule has 0 fully saturated rings. The summed E-state index contributed by atoms with van der Waals surface area (Å²) in [6, 6.07) is 0. The summed E-state index contributed by atoms with van der Waals surface area (Å²) in [7, 11) is 0.788. The number of Topliss-reactive ketones (excluding diaryl/α,β-unsaturated/α-hetero) is 1. The van der Waals surface area contributed by atoms with Gasteiger partial charge in [-0.25, -0.2) is 0 Å². The minimum Gasteiger partial charge on any atom is -0.875 e. The Kier molecular flexibility index (Phi) is 2.72. The standard InChI is InChI=1S/C10H13O2P/c1-5-6(2)10(8(4)12)13-9(5)7(3)11/h11H,1-4H3/p-1/b9-7-. The van der Waals surface area contributed by atoms with Crippen molar-refractivity contribution in [3.63, 3.8) is 0 Å². The second-order valence-electron chi connectivity index (χ2n) is 3.17. The molecule has 0 unspecified atom stereocenters. The average Bonchev–Trinajstić information content (AvgIpc) is 2.29. The lowest BCUT2D eigenvalue weighted by molar-refractivity contribution is -0.302. The van der Waals surface area contributed by atoms with Gasteiger partial charge in [0.25, 0.3) is 0 Å². The molecular weight excluding hydrogens is 183 g/mol. The summed E-state index contributed by atoms with van der Waals surface area (Å²) in [5.41, 5.74) is 1.94.